The van der Waals surface area contributed by atoms with Crippen LogP contribution < -0.4 is 0 Å². The quantitative estimate of drug-likeness (QED) is 0.784. The monoisotopic (exact) mass is 324 g/mol. The van der Waals surface area contributed by atoms with E-state index in [4.69, 9.17) is 14.6 Å². The van der Waals surface area contributed by atoms with Crippen LogP contribution in [0.25, 0.3) is 0 Å². The van der Waals surface area contributed by atoms with Gasteiger partial charge in [0.2, 0.25) is 0 Å². The Morgan fingerprint density at radius 1 is 0.609 bits per heavy atom. The fourth-order valence-electron chi connectivity index (χ4n) is 5.13. The van der Waals surface area contributed by atoms with Crippen molar-refractivity contribution >= 4 is 0 Å². The Bertz CT molecular complexity index is 311. The molecule has 3 aliphatic carbocycles. The van der Waals surface area contributed by atoms with Gasteiger partial charge in [-0.2, -0.15) is 0 Å². The van der Waals surface area contributed by atoms with Gasteiger partial charge >= 0.3 is 0 Å². The molecule has 1 N–H and O–H groups in total. The summed E-state index contributed by atoms with van der Waals surface area (Å²) >= 11 is 0. The summed E-state index contributed by atoms with van der Waals surface area (Å²) in [5, 5.41) is 8.83. The van der Waals surface area contributed by atoms with Crippen molar-refractivity contribution in [2.75, 3.05) is 13.2 Å². The maximum absolute atomic E-state index is 8.83. The second-order valence-electron chi connectivity index (χ2n) is 8.06. The fraction of sp³-hybridized carbons (Fsp3) is 1.00. The number of hydrogen-bond acceptors (Lipinski definition) is 3. The van der Waals surface area contributed by atoms with Gasteiger partial charge in [0.15, 0.2) is 0 Å². The average molecular weight is 325 g/mol. The van der Waals surface area contributed by atoms with Crippen molar-refractivity contribution in [3.05, 3.63) is 0 Å². The summed E-state index contributed by atoms with van der Waals surface area (Å²) in [6, 6.07) is 0. The molecular weight excluding hydrogens is 288 g/mol. The van der Waals surface area contributed by atoms with Gasteiger partial charge in [-0.05, 0) is 63.2 Å². The maximum Gasteiger partial charge on any atom is 0.0701 e. The first-order valence-electron chi connectivity index (χ1n) is 10.2. The third-order valence-corrected chi connectivity index (χ3v) is 6.49. The molecule has 0 spiro atoms. The molecule has 3 heteroatoms. The lowest BCUT2D eigenvalue weighted by molar-refractivity contribution is -0.0800. The van der Waals surface area contributed by atoms with Gasteiger partial charge < -0.3 is 14.6 Å². The van der Waals surface area contributed by atoms with Gasteiger partial charge in [-0.25, -0.2) is 0 Å². The SMILES string of the molecule is OCCOC1CCC(OC2CCC(C3CCCCC3)CC2)CC1. The van der Waals surface area contributed by atoms with Gasteiger partial charge in [0.25, 0.3) is 0 Å². The summed E-state index contributed by atoms with van der Waals surface area (Å²) in [6.07, 6.45) is 18.6. The highest BCUT2D eigenvalue weighted by atomic mass is 16.5. The summed E-state index contributed by atoms with van der Waals surface area (Å²) in [6.45, 7) is 0.627. The Morgan fingerprint density at radius 3 is 1.74 bits per heavy atom. The number of aliphatic hydroxyl groups excluding tert-OH is 1. The Labute approximate surface area is 142 Å². The first kappa shape index (κ1) is 17.7. The minimum Gasteiger partial charge on any atom is -0.394 e. The smallest absolute Gasteiger partial charge is 0.0701 e. The first-order valence-corrected chi connectivity index (χ1v) is 10.2. The number of aliphatic hydroxyl groups is 1. The van der Waals surface area contributed by atoms with E-state index in [1.165, 1.54) is 57.8 Å². The number of hydrogen-bond donors (Lipinski definition) is 1. The zero-order chi connectivity index (χ0) is 15.9. The third-order valence-electron chi connectivity index (χ3n) is 6.49. The van der Waals surface area contributed by atoms with E-state index in [-0.39, 0.29) is 6.61 Å². The van der Waals surface area contributed by atoms with Crippen LogP contribution in [-0.4, -0.2) is 36.6 Å². The van der Waals surface area contributed by atoms with Crippen LogP contribution in [0.3, 0.4) is 0 Å². The van der Waals surface area contributed by atoms with E-state index in [0.29, 0.717) is 24.9 Å². The molecule has 0 amide bonds. The van der Waals surface area contributed by atoms with Crippen LogP contribution in [0.5, 0.6) is 0 Å². The zero-order valence-electron chi connectivity index (χ0n) is 14.8. The van der Waals surface area contributed by atoms with Crippen molar-refractivity contribution in [1.82, 2.24) is 0 Å². The molecule has 0 heterocycles. The van der Waals surface area contributed by atoms with E-state index in [9.17, 15) is 0 Å². The highest BCUT2D eigenvalue weighted by Gasteiger charge is 2.31. The summed E-state index contributed by atoms with van der Waals surface area (Å²) in [5.41, 5.74) is 0. The zero-order valence-corrected chi connectivity index (χ0v) is 14.8. The van der Waals surface area contributed by atoms with Gasteiger partial charge in [-0.1, -0.05) is 32.1 Å². The van der Waals surface area contributed by atoms with E-state index < -0.39 is 0 Å². The molecule has 0 radical (unpaired) electrons. The summed E-state index contributed by atoms with van der Waals surface area (Å²) in [5.74, 6) is 2.03. The second-order valence-corrected chi connectivity index (χ2v) is 8.06. The predicted molar refractivity (Wildman–Crippen MR) is 92.5 cm³/mol. The van der Waals surface area contributed by atoms with Crippen molar-refractivity contribution < 1.29 is 14.6 Å². The van der Waals surface area contributed by atoms with E-state index in [0.717, 1.165) is 37.5 Å². The molecule has 0 bridgehead atoms. The van der Waals surface area contributed by atoms with Gasteiger partial charge in [0.1, 0.15) is 0 Å². The molecule has 0 aromatic heterocycles. The highest BCUT2D eigenvalue weighted by molar-refractivity contribution is 4.82. The Kier molecular flexibility index (Phi) is 7.22. The lowest BCUT2D eigenvalue weighted by Gasteiger charge is -2.38. The third kappa shape index (κ3) is 5.44. The van der Waals surface area contributed by atoms with E-state index in [1.54, 1.807) is 0 Å². The van der Waals surface area contributed by atoms with E-state index >= 15 is 0 Å². The molecule has 134 valence electrons. The van der Waals surface area contributed by atoms with Crippen molar-refractivity contribution in [3.8, 4) is 0 Å². The predicted octanol–water partition coefficient (Wildman–Crippen LogP) is 4.46. The number of ether oxygens (including phenoxy) is 2. The molecule has 0 atom stereocenters. The highest BCUT2D eigenvalue weighted by Crippen LogP contribution is 2.39. The average Bonchev–Trinajstić information content (AvgIpc) is 2.62. The van der Waals surface area contributed by atoms with Crippen LogP contribution in [0.15, 0.2) is 0 Å². The number of rotatable bonds is 6. The second kappa shape index (κ2) is 9.39. The minimum absolute atomic E-state index is 0.140. The molecule has 3 fully saturated rings. The van der Waals surface area contributed by atoms with Gasteiger partial charge in [-0.15, -0.1) is 0 Å². The van der Waals surface area contributed by atoms with Crippen LogP contribution in [0.2, 0.25) is 0 Å². The molecule has 0 aromatic rings. The molecule has 0 aliphatic heterocycles. The molecule has 0 aromatic carbocycles. The van der Waals surface area contributed by atoms with Crippen LogP contribution in [0, 0.1) is 11.8 Å². The van der Waals surface area contributed by atoms with Crippen molar-refractivity contribution in [1.29, 1.82) is 0 Å². The largest absolute Gasteiger partial charge is 0.394 e. The van der Waals surface area contributed by atoms with Gasteiger partial charge in [0, 0.05) is 0 Å². The van der Waals surface area contributed by atoms with Crippen molar-refractivity contribution in [2.45, 2.75) is 102 Å². The lowest BCUT2D eigenvalue weighted by atomic mass is 9.73. The van der Waals surface area contributed by atoms with Crippen LogP contribution in [0.4, 0.5) is 0 Å². The molecular formula is C20H36O3. The first-order chi connectivity index (χ1) is 11.3. The van der Waals surface area contributed by atoms with Crippen molar-refractivity contribution in [3.63, 3.8) is 0 Å². The standard InChI is InChI=1S/C20H36O3/c21-14-15-22-18-10-12-20(13-11-18)23-19-8-6-17(7-9-19)16-4-2-1-3-5-16/h16-21H,1-15H2. The summed E-state index contributed by atoms with van der Waals surface area (Å²) in [7, 11) is 0. The minimum atomic E-state index is 0.140. The van der Waals surface area contributed by atoms with Gasteiger partial charge in [0.05, 0.1) is 31.5 Å². The van der Waals surface area contributed by atoms with Crippen molar-refractivity contribution in [2.24, 2.45) is 11.8 Å². The van der Waals surface area contributed by atoms with E-state index in [2.05, 4.69) is 0 Å². The Morgan fingerprint density at radius 2 is 1.13 bits per heavy atom. The topological polar surface area (TPSA) is 38.7 Å². The van der Waals surface area contributed by atoms with E-state index in [1.807, 2.05) is 0 Å². The molecule has 23 heavy (non-hydrogen) atoms. The molecule has 3 rings (SSSR count). The van der Waals surface area contributed by atoms with Gasteiger partial charge in [-0.3, -0.25) is 0 Å². The molecule has 3 saturated carbocycles. The normalized spacial score (nSPS) is 36.9. The Balaban J connectivity index is 1.31. The maximum atomic E-state index is 8.83. The van der Waals surface area contributed by atoms with Crippen LogP contribution >= 0.6 is 0 Å². The molecule has 0 unspecified atom stereocenters. The lowest BCUT2D eigenvalue weighted by Crippen LogP contribution is -2.33. The molecule has 3 aliphatic rings. The molecule has 0 saturated heterocycles. The fourth-order valence-corrected chi connectivity index (χ4v) is 5.13. The summed E-state index contributed by atoms with van der Waals surface area (Å²) < 4.78 is 12.1. The molecule has 3 nitrogen and oxygen atoms in total. The van der Waals surface area contributed by atoms with Crippen LogP contribution in [-0.2, 0) is 9.47 Å². The van der Waals surface area contributed by atoms with Crippen LogP contribution in [0.1, 0.15) is 83.5 Å². The summed E-state index contributed by atoms with van der Waals surface area (Å²) in [4.78, 5) is 0. The Hall–Kier alpha value is -0.120.